The minimum absolute atomic E-state index is 0.0693. The van der Waals surface area contributed by atoms with Crippen molar-refractivity contribution in [3.05, 3.63) is 59.4 Å². The summed E-state index contributed by atoms with van der Waals surface area (Å²) in [4.78, 5) is 12.0. The highest BCUT2D eigenvalue weighted by molar-refractivity contribution is 7.89. The first-order chi connectivity index (χ1) is 11.3. The number of sulfonamides is 1. The van der Waals surface area contributed by atoms with Crippen LogP contribution >= 0.6 is 0 Å². The first-order valence-corrected chi connectivity index (χ1v) is 8.89. The number of benzene rings is 2. The van der Waals surface area contributed by atoms with Crippen molar-refractivity contribution in [1.29, 1.82) is 0 Å². The van der Waals surface area contributed by atoms with Crippen LogP contribution in [0.3, 0.4) is 0 Å². The van der Waals surface area contributed by atoms with Crippen molar-refractivity contribution >= 4 is 21.6 Å². The lowest BCUT2D eigenvalue weighted by Gasteiger charge is -2.10. The number of nitrogens with one attached hydrogen (secondary N) is 2. The summed E-state index contributed by atoms with van der Waals surface area (Å²) in [5.41, 5.74) is 1.53. The summed E-state index contributed by atoms with van der Waals surface area (Å²) in [7, 11) is -3.69. The van der Waals surface area contributed by atoms with Crippen molar-refractivity contribution < 1.29 is 17.6 Å². The molecule has 0 atom stereocenters. The summed E-state index contributed by atoms with van der Waals surface area (Å²) >= 11 is 0. The van der Waals surface area contributed by atoms with E-state index in [2.05, 4.69) is 10.0 Å². The van der Waals surface area contributed by atoms with Gasteiger partial charge in [-0.25, -0.2) is 17.5 Å². The molecule has 0 aliphatic rings. The molecular formula is C17H19FN2O3S. The first-order valence-electron chi connectivity index (χ1n) is 7.41. The van der Waals surface area contributed by atoms with E-state index in [1.807, 2.05) is 6.07 Å². The maximum absolute atomic E-state index is 13.4. The van der Waals surface area contributed by atoms with Gasteiger partial charge in [0.05, 0.1) is 10.6 Å². The molecule has 128 valence electrons. The number of rotatable bonds is 6. The molecule has 0 unspecified atom stereocenters. The lowest BCUT2D eigenvalue weighted by atomic mass is 10.2. The molecule has 1 amide bonds. The molecule has 0 aliphatic carbocycles. The Balaban J connectivity index is 1.94. The first kappa shape index (κ1) is 18.1. The number of amides is 1. The molecule has 0 aromatic heterocycles. The van der Waals surface area contributed by atoms with Crippen LogP contribution in [0.1, 0.15) is 17.5 Å². The highest BCUT2D eigenvalue weighted by atomic mass is 32.2. The van der Waals surface area contributed by atoms with Gasteiger partial charge in [0.15, 0.2) is 0 Å². The smallest absolute Gasteiger partial charge is 0.240 e. The molecule has 2 aromatic rings. The van der Waals surface area contributed by atoms with Gasteiger partial charge in [0, 0.05) is 13.0 Å². The molecule has 2 N–H and O–H groups in total. The van der Waals surface area contributed by atoms with E-state index in [4.69, 9.17) is 0 Å². The van der Waals surface area contributed by atoms with Crippen LogP contribution in [0.15, 0.2) is 47.4 Å². The van der Waals surface area contributed by atoms with E-state index in [9.17, 15) is 17.6 Å². The van der Waals surface area contributed by atoms with Crippen molar-refractivity contribution in [2.75, 3.05) is 11.9 Å². The van der Waals surface area contributed by atoms with Crippen LogP contribution in [-0.2, 0) is 14.8 Å². The molecule has 0 bridgehead atoms. The number of halogens is 1. The zero-order chi connectivity index (χ0) is 17.7. The molecule has 0 heterocycles. The van der Waals surface area contributed by atoms with Gasteiger partial charge in [0.2, 0.25) is 15.9 Å². The van der Waals surface area contributed by atoms with Gasteiger partial charge in [0.1, 0.15) is 5.82 Å². The topological polar surface area (TPSA) is 75.3 Å². The standard InChI is InChI=1S/C17H19FN2O3S/c1-12-7-8-13(2)16(11-12)24(22,23)19-10-9-17(21)20-15-6-4-3-5-14(15)18/h3-8,11,19H,9-10H2,1-2H3,(H,20,21). The number of anilines is 1. The van der Waals surface area contributed by atoms with E-state index >= 15 is 0 Å². The fourth-order valence-corrected chi connectivity index (χ4v) is 3.51. The molecule has 24 heavy (non-hydrogen) atoms. The molecule has 0 radical (unpaired) electrons. The third kappa shape index (κ3) is 4.62. The maximum Gasteiger partial charge on any atom is 0.240 e. The Hall–Kier alpha value is -2.25. The number of carbonyl (C=O) groups is 1. The van der Waals surface area contributed by atoms with Crippen LogP contribution in [0.25, 0.3) is 0 Å². The summed E-state index contributed by atoms with van der Waals surface area (Å²) < 4.78 is 40.4. The van der Waals surface area contributed by atoms with Gasteiger partial charge >= 0.3 is 0 Å². The summed E-state index contributed by atoms with van der Waals surface area (Å²) in [6.45, 7) is 3.44. The van der Waals surface area contributed by atoms with Gasteiger partial charge in [0.25, 0.3) is 0 Å². The van der Waals surface area contributed by atoms with Crippen molar-refractivity contribution in [3.8, 4) is 0 Å². The third-order valence-electron chi connectivity index (χ3n) is 3.43. The average molecular weight is 350 g/mol. The number of carbonyl (C=O) groups excluding carboxylic acids is 1. The molecule has 5 nitrogen and oxygen atoms in total. The third-order valence-corrected chi connectivity index (χ3v) is 5.03. The minimum atomic E-state index is -3.69. The number of aryl methyl sites for hydroxylation is 2. The van der Waals surface area contributed by atoms with Crippen molar-refractivity contribution in [2.24, 2.45) is 0 Å². The van der Waals surface area contributed by atoms with Crippen molar-refractivity contribution in [3.63, 3.8) is 0 Å². The van der Waals surface area contributed by atoms with Gasteiger partial charge in [-0.1, -0.05) is 24.3 Å². The number of hydrogen-bond acceptors (Lipinski definition) is 3. The molecule has 0 fully saturated rings. The average Bonchev–Trinajstić information content (AvgIpc) is 2.51. The predicted octanol–water partition coefficient (Wildman–Crippen LogP) is 2.75. The summed E-state index contributed by atoms with van der Waals surface area (Å²) in [6.07, 6.45) is -0.0988. The Kier molecular flexibility index (Phi) is 5.69. The Morgan fingerprint density at radius 2 is 1.83 bits per heavy atom. The zero-order valence-electron chi connectivity index (χ0n) is 13.5. The van der Waals surface area contributed by atoms with Crippen LogP contribution in [0, 0.1) is 19.7 Å². The van der Waals surface area contributed by atoms with E-state index in [-0.39, 0.29) is 23.5 Å². The van der Waals surface area contributed by atoms with Crippen LogP contribution in [0.2, 0.25) is 0 Å². The van der Waals surface area contributed by atoms with Crippen molar-refractivity contribution in [2.45, 2.75) is 25.2 Å². The molecular weight excluding hydrogens is 331 g/mol. The Bertz CT molecular complexity index is 851. The lowest BCUT2D eigenvalue weighted by molar-refractivity contribution is -0.116. The maximum atomic E-state index is 13.4. The Morgan fingerprint density at radius 3 is 2.54 bits per heavy atom. The second-order valence-corrected chi connectivity index (χ2v) is 7.18. The second-order valence-electron chi connectivity index (χ2n) is 5.44. The van der Waals surface area contributed by atoms with Gasteiger partial charge in [-0.05, 0) is 43.2 Å². The predicted molar refractivity (Wildman–Crippen MR) is 90.8 cm³/mol. The monoisotopic (exact) mass is 350 g/mol. The molecule has 2 rings (SSSR count). The molecule has 0 spiro atoms. The Morgan fingerprint density at radius 1 is 1.12 bits per heavy atom. The highest BCUT2D eigenvalue weighted by Gasteiger charge is 2.17. The molecule has 0 aliphatic heterocycles. The normalized spacial score (nSPS) is 11.3. The van der Waals surface area contributed by atoms with Gasteiger partial charge < -0.3 is 5.32 Å². The number of hydrogen-bond donors (Lipinski definition) is 2. The fourth-order valence-electron chi connectivity index (χ4n) is 2.15. The van der Waals surface area contributed by atoms with E-state index in [0.29, 0.717) is 5.56 Å². The summed E-state index contributed by atoms with van der Waals surface area (Å²) in [6, 6.07) is 10.9. The van der Waals surface area contributed by atoms with Gasteiger partial charge in [-0.3, -0.25) is 4.79 Å². The minimum Gasteiger partial charge on any atom is -0.324 e. The quantitative estimate of drug-likeness (QED) is 0.841. The highest BCUT2D eigenvalue weighted by Crippen LogP contribution is 2.16. The summed E-state index contributed by atoms with van der Waals surface area (Å²) in [5.74, 6) is -1.01. The Labute approximate surface area is 141 Å². The second kappa shape index (κ2) is 7.55. The van der Waals surface area contributed by atoms with Gasteiger partial charge in [-0.2, -0.15) is 0 Å². The van der Waals surface area contributed by atoms with E-state index in [1.165, 1.54) is 18.2 Å². The molecule has 0 saturated heterocycles. The zero-order valence-corrected chi connectivity index (χ0v) is 14.3. The molecule has 0 saturated carbocycles. The molecule has 2 aromatic carbocycles. The molecule has 7 heteroatoms. The van der Waals surface area contributed by atoms with Crippen LogP contribution in [0.4, 0.5) is 10.1 Å². The van der Waals surface area contributed by atoms with E-state index < -0.39 is 21.7 Å². The van der Waals surface area contributed by atoms with Gasteiger partial charge in [-0.15, -0.1) is 0 Å². The SMILES string of the molecule is Cc1ccc(C)c(S(=O)(=O)NCCC(=O)Nc2ccccc2F)c1. The van der Waals surface area contributed by atoms with E-state index in [1.54, 1.807) is 32.0 Å². The van der Waals surface area contributed by atoms with Crippen LogP contribution in [-0.4, -0.2) is 20.9 Å². The van der Waals surface area contributed by atoms with Crippen LogP contribution < -0.4 is 10.0 Å². The van der Waals surface area contributed by atoms with Crippen molar-refractivity contribution in [1.82, 2.24) is 4.72 Å². The van der Waals surface area contributed by atoms with E-state index in [0.717, 1.165) is 5.56 Å². The van der Waals surface area contributed by atoms with Crippen LogP contribution in [0.5, 0.6) is 0 Å². The lowest BCUT2D eigenvalue weighted by Crippen LogP contribution is -2.28. The number of para-hydroxylation sites is 1. The largest absolute Gasteiger partial charge is 0.324 e. The fraction of sp³-hybridized carbons (Fsp3) is 0.235. The summed E-state index contributed by atoms with van der Waals surface area (Å²) in [5, 5.41) is 2.41.